The minimum Gasteiger partial charge on any atom is -0.394 e. The maximum absolute atomic E-state index is 13.2. The van der Waals surface area contributed by atoms with Crippen molar-refractivity contribution in [3.8, 4) is 0 Å². The zero-order valence-electron chi connectivity index (χ0n) is 43.9. The lowest BCUT2D eigenvalue weighted by Gasteiger charge is -2.34. The third-order valence-corrected chi connectivity index (χ3v) is 10.3. The zero-order chi connectivity index (χ0) is 48.7. The molecule has 3 atom stereocenters. The Kier molecular flexibility index (Phi) is 55.2. The predicted molar refractivity (Wildman–Crippen MR) is 285 cm³/mol. The SMILES string of the molecule is C=C=CCCCC.C=CC=C.C=CNC.CC.CCC.CCCCN(C)CC.CCCN(C)C(CC(c1nc(C(=O)NC(Cc2ccccc2)CC(C)C)cs1)C(C)C)C(C)C. The molecule has 0 bridgehead atoms. The van der Waals surface area contributed by atoms with Crippen molar-refractivity contribution in [3.05, 3.63) is 108 Å². The number of hydrogen-bond donors (Lipinski definition) is 2. The molecule has 0 fully saturated rings. The van der Waals surface area contributed by atoms with Gasteiger partial charge in [0.15, 0.2) is 0 Å². The number of allylic oxidation sites excluding steroid dienone is 3. The summed E-state index contributed by atoms with van der Waals surface area (Å²) in [5.74, 6) is 1.88. The van der Waals surface area contributed by atoms with E-state index in [4.69, 9.17) is 4.98 Å². The van der Waals surface area contributed by atoms with Gasteiger partial charge in [-0.15, -0.1) is 17.1 Å². The molecule has 3 unspecified atom stereocenters. The average Bonchev–Trinajstić information content (AvgIpc) is 3.75. The number of carbonyl (C=O) groups excluding carboxylic acids is 1. The molecule has 1 heterocycles. The fourth-order valence-corrected chi connectivity index (χ4v) is 6.96. The van der Waals surface area contributed by atoms with Gasteiger partial charge >= 0.3 is 0 Å². The Morgan fingerprint density at radius 2 is 1.39 bits per heavy atom. The van der Waals surface area contributed by atoms with E-state index in [9.17, 15) is 4.79 Å². The molecule has 0 radical (unpaired) electrons. The van der Waals surface area contributed by atoms with Crippen LogP contribution in [0.5, 0.6) is 0 Å². The van der Waals surface area contributed by atoms with Crippen LogP contribution in [0.15, 0.2) is 92.2 Å². The van der Waals surface area contributed by atoms with Gasteiger partial charge in [-0.05, 0) is 114 Å². The molecule has 2 rings (SSSR count). The summed E-state index contributed by atoms with van der Waals surface area (Å²) in [6.45, 7) is 47.8. The number of nitrogens with zero attached hydrogens (tertiary/aromatic N) is 3. The molecule has 6 nitrogen and oxygen atoms in total. The standard InChI is InChI=1S/C29H47N3OS.C7H17N.C7H12.C4H6.C3H7N.C3H8.C2H6/c1-9-15-32(8)27(22(6)7)18-25(21(4)5)29-31-26(19-34-29)28(33)30-24(16-20(2)3)17-23-13-11-10-12-14-23;1-4-6-7-8(3)5-2;1-3-5-7-6-4-2;2*1-3-4-2;1-3-2;1-2/h10-14,19-22,24-25,27H,9,15-18H2,1-8H3,(H,30,33);4-7H2,1-3H3;5H,1,4,6-7H2,2H3;3-4H,1-2H2;3-4H,1H2,2H3;3H2,1-2H3;1-2H3. The Labute approximate surface area is 392 Å². The van der Waals surface area contributed by atoms with Gasteiger partial charge in [0.2, 0.25) is 0 Å². The number of hydrogen-bond acceptors (Lipinski definition) is 6. The van der Waals surface area contributed by atoms with Gasteiger partial charge in [-0.2, -0.15) is 0 Å². The number of carbonyl (C=O) groups is 1. The highest BCUT2D eigenvalue weighted by atomic mass is 32.1. The van der Waals surface area contributed by atoms with Crippen molar-refractivity contribution in [2.75, 3.05) is 40.8 Å². The van der Waals surface area contributed by atoms with Gasteiger partial charge < -0.3 is 20.4 Å². The predicted octanol–water partition coefficient (Wildman–Crippen LogP) is 15.4. The number of amides is 1. The highest BCUT2D eigenvalue weighted by Gasteiger charge is 2.28. The van der Waals surface area contributed by atoms with E-state index < -0.39 is 0 Å². The highest BCUT2D eigenvalue weighted by Crippen LogP contribution is 2.34. The molecule has 2 aromatic rings. The summed E-state index contributed by atoms with van der Waals surface area (Å²) in [6.07, 6.45) is 18.5. The van der Waals surface area contributed by atoms with Crippen LogP contribution in [0.3, 0.4) is 0 Å². The Balaban J connectivity index is -0.000000312. The summed E-state index contributed by atoms with van der Waals surface area (Å²) in [7, 11) is 6.22. The van der Waals surface area contributed by atoms with E-state index in [1.54, 1.807) is 29.7 Å². The van der Waals surface area contributed by atoms with Crippen LogP contribution >= 0.6 is 11.3 Å². The van der Waals surface area contributed by atoms with Gasteiger partial charge in [-0.1, -0.05) is 185 Å². The van der Waals surface area contributed by atoms with Gasteiger partial charge in [-0.25, -0.2) is 4.98 Å². The molecule has 360 valence electrons. The summed E-state index contributed by atoms with van der Waals surface area (Å²) in [6, 6.07) is 11.0. The van der Waals surface area contributed by atoms with E-state index in [2.05, 4.69) is 174 Å². The number of thiazole rings is 1. The van der Waals surface area contributed by atoms with Crippen molar-refractivity contribution in [2.24, 2.45) is 17.8 Å². The number of nitrogens with one attached hydrogen (secondary N) is 2. The second kappa shape index (κ2) is 50.4. The van der Waals surface area contributed by atoms with Crippen molar-refractivity contribution >= 4 is 17.2 Å². The van der Waals surface area contributed by atoms with Gasteiger partial charge in [0, 0.05) is 30.4 Å². The van der Waals surface area contributed by atoms with Crippen LogP contribution in [-0.2, 0) is 6.42 Å². The maximum Gasteiger partial charge on any atom is 0.270 e. The molecule has 0 spiro atoms. The van der Waals surface area contributed by atoms with Crippen LogP contribution in [-0.4, -0.2) is 73.6 Å². The summed E-state index contributed by atoms with van der Waals surface area (Å²) in [4.78, 5) is 22.9. The second-order valence-electron chi connectivity index (χ2n) is 16.4. The molecule has 1 aromatic carbocycles. The molecule has 1 amide bonds. The Hall–Kier alpha value is -3.22. The molecule has 0 saturated carbocycles. The maximum atomic E-state index is 13.2. The Morgan fingerprint density at radius 1 is 0.839 bits per heavy atom. The lowest BCUT2D eigenvalue weighted by molar-refractivity contribution is 0.0927. The lowest BCUT2D eigenvalue weighted by atomic mass is 9.85. The zero-order valence-corrected chi connectivity index (χ0v) is 44.7. The minimum atomic E-state index is -0.0462. The van der Waals surface area contributed by atoms with E-state index >= 15 is 0 Å². The quantitative estimate of drug-likeness (QED) is 0.0661. The fraction of sp³-hybridized carbons (Fsp3) is 0.655. The number of rotatable bonds is 23. The van der Waals surface area contributed by atoms with E-state index in [1.807, 2.05) is 38.4 Å². The van der Waals surface area contributed by atoms with E-state index in [1.165, 1.54) is 50.8 Å². The van der Waals surface area contributed by atoms with Gasteiger partial charge in [0.25, 0.3) is 5.91 Å². The second-order valence-corrected chi connectivity index (χ2v) is 17.3. The van der Waals surface area contributed by atoms with Gasteiger partial charge in [0.05, 0.1) is 5.01 Å². The molecule has 0 aliphatic rings. The number of unbranched alkanes of at least 4 members (excludes halogenated alkanes) is 3. The van der Waals surface area contributed by atoms with Gasteiger partial charge in [0.1, 0.15) is 5.69 Å². The molecule has 0 aliphatic carbocycles. The van der Waals surface area contributed by atoms with Crippen molar-refractivity contribution in [3.63, 3.8) is 0 Å². The third kappa shape index (κ3) is 42.1. The van der Waals surface area contributed by atoms with Crippen molar-refractivity contribution in [2.45, 2.75) is 179 Å². The normalized spacial score (nSPS) is 11.3. The fourth-order valence-electron chi connectivity index (χ4n) is 5.87. The molecular formula is C55H103N5OS. The molecular weight excluding hydrogens is 779 g/mol. The first-order valence-corrected chi connectivity index (χ1v) is 25.0. The van der Waals surface area contributed by atoms with E-state index in [0.717, 1.165) is 43.7 Å². The first-order chi connectivity index (χ1) is 29.6. The van der Waals surface area contributed by atoms with E-state index in [0.29, 0.717) is 35.4 Å². The van der Waals surface area contributed by atoms with Crippen LogP contribution in [0, 0.1) is 17.8 Å². The topological polar surface area (TPSA) is 60.5 Å². The molecule has 0 saturated heterocycles. The van der Waals surface area contributed by atoms with E-state index in [-0.39, 0.29) is 11.9 Å². The Bertz CT molecular complexity index is 1290. The van der Waals surface area contributed by atoms with Crippen molar-refractivity contribution in [1.82, 2.24) is 25.4 Å². The molecule has 0 aliphatic heterocycles. The van der Waals surface area contributed by atoms with Crippen LogP contribution in [0.25, 0.3) is 0 Å². The first kappa shape index (κ1) is 67.8. The lowest BCUT2D eigenvalue weighted by Crippen LogP contribution is -2.38. The largest absolute Gasteiger partial charge is 0.394 e. The minimum absolute atomic E-state index is 0.0462. The summed E-state index contributed by atoms with van der Waals surface area (Å²) >= 11 is 1.65. The van der Waals surface area contributed by atoms with Crippen LogP contribution in [0.1, 0.15) is 182 Å². The smallest absolute Gasteiger partial charge is 0.270 e. The van der Waals surface area contributed by atoms with Crippen molar-refractivity contribution in [1.29, 1.82) is 0 Å². The average molecular weight is 883 g/mol. The number of benzene rings is 1. The van der Waals surface area contributed by atoms with Crippen LogP contribution in [0.4, 0.5) is 0 Å². The van der Waals surface area contributed by atoms with Crippen molar-refractivity contribution < 1.29 is 4.79 Å². The monoisotopic (exact) mass is 882 g/mol. The molecule has 1 aromatic heterocycles. The summed E-state index contributed by atoms with van der Waals surface area (Å²) in [5.41, 5.74) is 4.55. The number of aromatic nitrogens is 1. The summed E-state index contributed by atoms with van der Waals surface area (Å²) < 4.78 is 0. The highest BCUT2D eigenvalue weighted by molar-refractivity contribution is 7.09. The Morgan fingerprint density at radius 3 is 1.79 bits per heavy atom. The van der Waals surface area contributed by atoms with Gasteiger partial charge in [-0.3, -0.25) is 4.79 Å². The van der Waals surface area contributed by atoms with Crippen LogP contribution < -0.4 is 10.6 Å². The molecule has 62 heavy (non-hydrogen) atoms. The first-order valence-electron chi connectivity index (χ1n) is 24.1. The molecule has 7 heteroatoms. The molecule has 2 N–H and O–H groups in total. The summed E-state index contributed by atoms with van der Waals surface area (Å²) in [5, 5.41) is 9.03. The van der Waals surface area contributed by atoms with Crippen LogP contribution in [0.2, 0.25) is 0 Å². The third-order valence-electron chi connectivity index (χ3n) is 9.35.